The van der Waals surface area contributed by atoms with Gasteiger partial charge in [-0.1, -0.05) is 0 Å². The molecule has 0 aliphatic carbocycles. The molecule has 144 valence electrons. The van der Waals surface area contributed by atoms with E-state index in [0.717, 1.165) is 5.69 Å². The minimum absolute atomic E-state index is 0.230. The number of methoxy groups -OCH3 is 1. The molecule has 0 aliphatic rings. The quantitative estimate of drug-likeness (QED) is 0.727. The van der Waals surface area contributed by atoms with Crippen molar-refractivity contribution < 1.29 is 14.3 Å². The van der Waals surface area contributed by atoms with Crippen LogP contribution in [0.3, 0.4) is 0 Å². The van der Waals surface area contributed by atoms with E-state index >= 15 is 0 Å². The summed E-state index contributed by atoms with van der Waals surface area (Å²) in [5, 5.41) is 2.80. The topological polar surface area (TPSA) is 96.4 Å². The first-order valence-corrected chi connectivity index (χ1v) is 8.51. The second kappa shape index (κ2) is 7.83. The van der Waals surface area contributed by atoms with Crippen LogP contribution < -0.4 is 15.9 Å². The number of carbonyl (C=O) groups is 2. The van der Waals surface area contributed by atoms with Gasteiger partial charge in [-0.05, 0) is 55.5 Å². The van der Waals surface area contributed by atoms with Crippen LogP contribution in [0.4, 0.5) is 16.2 Å². The van der Waals surface area contributed by atoms with Gasteiger partial charge < -0.3 is 15.0 Å². The Morgan fingerprint density at radius 3 is 2.25 bits per heavy atom. The van der Waals surface area contributed by atoms with Gasteiger partial charge in [0, 0.05) is 35.9 Å². The Labute approximate surface area is 161 Å². The zero-order valence-electron chi connectivity index (χ0n) is 15.7. The van der Waals surface area contributed by atoms with E-state index in [1.807, 2.05) is 6.92 Å². The molecule has 2 amide bonds. The SMILES string of the molecule is COC(=O)N(C)c1ccc(NC(=O)c2ccc(-n3c(C)c[nH]c3=O)cc2)cc1. The number of rotatable bonds is 4. The second-order valence-electron chi connectivity index (χ2n) is 6.15. The van der Waals surface area contributed by atoms with E-state index < -0.39 is 6.09 Å². The summed E-state index contributed by atoms with van der Waals surface area (Å²) in [6.07, 6.45) is 1.15. The van der Waals surface area contributed by atoms with Crippen LogP contribution in [0, 0.1) is 6.92 Å². The van der Waals surface area contributed by atoms with Crippen LogP contribution in [-0.2, 0) is 4.74 Å². The average Bonchev–Trinajstić information content (AvgIpc) is 3.05. The molecule has 0 bridgehead atoms. The van der Waals surface area contributed by atoms with E-state index in [0.29, 0.717) is 22.6 Å². The Hall–Kier alpha value is -3.81. The van der Waals surface area contributed by atoms with Gasteiger partial charge in [-0.2, -0.15) is 0 Å². The Morgan fingerprint density at radius 1 is 1.07 bits per heavy atom. The van der Waals surface area contributed by atoms with Crippen LogP contribution >= 0.6 is 0 Å². The molecular weight excluding hydrogens is 360 g/mol. The predicted molar refractivity (Wildman–Crippen MR) is 106 cm³/mol. The van der Waals surface area contributed by atoms with E-state index in [1.165, 1.54) is 16.6 Å². The fourth-order valence-electron chi connectivity index (χ4n) is 2.75. The molecule has 3 aromatic rings. The molecule has 2 aromatic carbocycles. The lowest BCUT2D eigenvalue weighted by Gasteiger charge is -2.16. The molecule has 2 N–H and O–H groups in total. The lowest BCUT2D eigenvalue weighted by molar-refractivity contribution is 0.102. The van der Waals surface area contributed by atoms with Crippen molar-refractivity contribution in [3.63, 3.8) is 0 Å². The summed E-state index contributed by atoms with van der Waals surface area (Å²) in [5.74, 6) is -0.279. The van der Waals surface area contributed by atoms with Crippen LogP contribution in [0.1, 0.15) is 16.1 Å². The molecule has 0 fully saturated rings. The lowest BCUT2D eigenvalue weighted by atomic mass is 10.2. The lowest BCUT2D eigenvalue weighted by Crippen LogP contribution is -2.25. The van der Waals surface area contributed by atoms with Crippen LogP contribution in [-0.4, -0.2) is 35.7 Å². The van der Waals surface area contributed by atoms with E-state index in [-0.39, 0.29) is 11.6 Å². The summed E-state index contributed by atoms with van der Waals surface area (Å²) in [4.78, 5) is 39.8. The predicted octanol–water partition coefficient (Wildman–Crippen LogP) is 2.93. The van der Waals surface area contributed by atoms with E-state index in [2.05, 4.69) is 15.0 Å². The largest absolute Gasteiger partial charge is 0.452 e. The molecule has 0 saturated carbocycles. The number of imidazole rings is 1. The van der Waals surface area contributed by atoms with Crippen molar-refractivity contribution in [1.82, 2.24) is 9.55 Å². The summed E-state index contributed by atoms with van der Waals surface area (Å²) >= 11 is 0. The van der Waals surface area contributed by atoms with Crippen molar-refractivity contribution in [2.45, 2.75) is 6.92 Å². The maximum Gasteiger partial charge on any atom is 0.413 e. The number of aromatic amines is 1. The van der Waals surface area contributed by atoms with Crippen molar-refractivity contribution in [2.24, 2.45) is 0 Å². The summed E-state index contributed by atoms with van der Waals surface area (Å²) in [5.41, 5.74) is 2.91. The highest BCUT2D eigenvalue weighted by Crippen LogP contribution is 2.18. The third-order valence-corrected chi connectivity index (χ3v) is 4.31. The first-order chi connectivity index (χ1) is 13.4. The molecule has 1 heterocycles. The highest BCUT2D eigenvalue weighted by Gasteiger charge is 2.12. The van der Waals surface area contributed by atoms with Gasteiger partial charge >= 0.3 is 11.8 Å². The number of ether oxygens (including phenoxy) is 1. The summed E-state index contributed by atoms with van der Waals surface area (Å²) in [6, 6.07) is 13.5. The molecule has 0 spiro atoms. The van der Waals surface area contributed by atoms with Gasteiger partial charge in [0.1, 0.15) is 0 Å². The van der Waals surface area contributed by atoms with E-state index in [4.69, 9.17) is 0 Å². The molecule has 28 heavy (non-hydrogen) atoms. The Balaban J connectivity index is 1.71. The molecule has 8 heteroatoms. The fourth-order valence-corrected chi connectivity index (χ4v) is 2.75. The fraction of sp³-hybridized carbons (Fsp3) is 0.150. The molecule has 0 atom stereocenters. The minimum atomic E-state index is -0.478. The van der Waals surface area contributed by atoms with E-state index in [1.54, 1.807) is 61.8 Å². The van der Waals surface area contributed by atoms with Crippen molar-refractivity contribution >= 4 is 23.4 Å². The maximum absolute atomic E-state index is 12.4. The summed E-state index contributed by atoms with van der Waals surface area (Å²) < 4.78 is 6.19. The number of aryl methyl sites for hydroxylation is 1. The molecule has 0 saturated heterocycles. The van der Waals surface area contributed by atoms with Gasteiger partial charge in [0.15, 0.2) is 0 Å². The molecule has 8 nitrogen and oxygen atoms in total. The molecule has 3 rings (SSSR count). The number of hydrogen-bond acceptors (Lipinski definition) is 4. The van der Waals surface area contributed by atoms with Crippen molar-refractivity contribution in [1.29, 1.82) is 0 Å². The zero-order valence-corrected chi connectivity index (χ0v) is 15.7. The summed E-state index contributed by atoms with van der Waals surface area (Å²) in [7, 11) is 2.91. The highest BCUT2D eigenvalue weighted by atomic mass is 16.5. The standard InChI is InChI=1S/C20H20N4O4/c1-13-12-21-19(26)24(13)17-8-4-14(5-9-17)18(25)22-15-6-10-16(11-7-15)23(2)20(27)28-3/h4-12H,1-3H3,(H,21,26)(H,22,25). The number of carbonyl (C=O) groups excluding carboxylic acids is 2. The van der Waals surface area contributed by atoms with Crippen molar-refractivity contribution in [2.75, 3.05) is 24.4 Å². The number of nitrogens with zero attached hydrogens (tertiary/aromatic N) is 2. The molecule has 0 aliphatic heterocycles. The number of amides is 2. The summed E-state index contributed by atoms with van der Waals surface area (Å²) in [6.45, 7) is 1.82. The Bertz CT molecular complexity index is 1050. The van der Waals surface area contributed by atoms with Crippen LogP contribution in [0.5, 0.6) is 0 Å². The first-order valence-electron chi connectivity index (χ1n) is 8.51. The maximum atomic E-state index is 12.4. The molecule has 0 radical (unpaired) electrons. The Morgan fingerprint density at radius 2 is 1.71 bits per heavy atom. The number of nitrogens with one attached hydrogen (secondary N) is 2. The normalized spacial score (nSPS) is 10.4. The first kappa shape index (κ1) is 19.0. The van der Waals surface area contributed by atoms with Gasteiger partial charge in [0.2, 0.25) is 0 Å². The van der Waals surface area contributed by atoms with Crippen LogP contribution in [0.15, 0.2) is 59.5 Å². The average molecular weight is 380 g/mol. The van der Waals surface area contributed by atoms with Crippen molar-refractivity contribution in [3.8, 4) is 5.69 Å². The van der Waals surface area contributed by atoms with Gasteiger partial charge in [0.05, 0.1) is 12.8 Å². The third kappa shape index (κ3) is 3.80. The number of benzene rings is 2. The van der Waals surface area contributed by atoms with E-state index in [9.17, 15) is 14.4 Å². The molecule has 0 unspecified atom stereocenters. The van der Waals surface area contributed by atoms with Crippen molar-refractivity contribution in [3.05, 3.63) is 76.5 Å². The second-order valence-corrected chi connectivity index (χ2v) is 6.15. The zero-order chi connectivity index (χ0) is 20.3. The number of aromatic nitrogens is 2. The number of anilines is 2. The van der Waals surface area contributed by atoms with Gasteiger partial charge in [-0.25, -0.2) is 9.59 Å². The smallest absolute Gasteiger partial charge is 0.413 e. The Kier molecular flexibility index (Phi) is 5.30. The monoisotopic (exact) mass is 380 g/mol. The minimum Gasteiger partial charge on any atom is -0.452 e. The third-order valence-electron chi connectivity index (χ3n) is 4.31. The van der Waals surface area contributed by atoms with Gasteiger partial charge in [0.25, 0.3) is 5.91 Å². The molecule has 1 aromatic heterocycles. The highest BCUT2D eigenvalue weighted by molar-refractivity contribution is 6.04. The number of hydrogen-bond donors (Lipinski definition) is 2. The van der Waals surface area contributed by atoms with Crippen LogP contribution in [0.2, 0.25) is 0 Å². The number of H-pyrrole nitrogens is 1. The van der Waals surface area contributed by atoms with Gasteiger partial charge in [-0.15, -0.1) is 0 Å². The van der Waals surface area contributed by atoms with Crippen LogP contribution in [0.25, 0.3) is 5.69 Å². The molecular formula is C20H20N4O4. The van der Waals surface area contributed by atoms with Gasteiger partial charge in [-0.3, -0.25) is 14.3 Å².